The predicted octanol–water partition coefficient (Wildman–Crippen LogP) is 2.16. The topological polar surface area (TPSA) is 67.9 Å². The maximum absolute atomic E-state index is 12.5. The van der Waals surface area contributed by atoms with Gasteiger partial charge in [-0.15, -0.1) is 0 Å². The Morgan fingerprint density at radius 2 is 1.83 bits per heavy atom. The standard InChI is InChI=1S/C18H26N2O4/c1-14(21)19-17-5-3-16(4-6-17)18(22)20-9-7-15(8-10-20)13-24-12-11-23-2/h3-6,15H,7-13H2,1-2H3,(H,19,21). The summed E-state index contributed by atoms with van der Waals surface area (Å²) in [6.45, 7) is 4.94. The molecule has 0 aromatic heterocycles. The Labute approximate surface area is 143 Å². The number of nitrogens with one attached hydrogen (secondary N) is 1. The van der Waals surface area contributed by atoms with E-state index in [2.05, 4.69) is 5.32 Å². The van der Waals surface area contributed by atoms with E-state index in [1.165, 1.54) is 6.92 Å². The summed E-state index contributed by atoms with van der Waals surface area (Å²) >= 11 is 0. The molecule has 24 heavy (non-hydrogen) atoms. The molecule has 0 spiro atoms. The number of piperidine rings is 1. The summed E-state index contributed by atoms with van der Waals surface area (Å²) in [5, 5.41) is 2.70. The van der Waals surface area contributed by atoms with E-state index in [4.69, 9.17) is 9.47 Å². The number of rotatable bonds is 7. The highest BCUT2D eigenvalue weighted by Gasteiger charge is 2.23. The molecule has 2 amide bonds. The van der Waals surface area contributed by atoms with E-state index < -0.39 is 0 Å². The van der Waals surface area contributed by atoms with Gasteiger partial charge in [0.2, 0.25) is 5.91 Å². The van der Waals surface area contributed by atoms with E-state index in [9.17, 15) is 9.59 Å². The lowest BCUT2D eigenvalue weighted by Crippen LogP contribution is -2.39. The minimum atomic E-state index is -0.121. The maximum atomic E-state index is 12.5. The van der Waals surface area contributed by atoms with Crippen molar-refractivity contribution in [3.05, 3.63) is 29.8 Å². The molecule has 1 aliphatic heterocycles. The van der Waals surface area contributed by atoms with E-state index in [-0.39, 0.29) is 11.8 Å². The predicted molar refractivity (Wildman–Crippen MR) is 92.1 cm³/mol. The molecular weight excluding hydrogens is 308 g/mol. The summed E-state index contributed by atoms with van der Waals surface area (Å²) in [5.41, 5.74) is 1.35. The van der Waals surface area contributed by atoms with Crippen LogP contribution in [-0.2, 0) is 14.3 Å². The van der Waals surface area contributed by atoms with Gasteiger partial charge in [-0.2, -0.15) is 0 Å². The summed E-state index contributed by atoms with van der Waals surface area (Å²) in [6.07, 6.45) is 1.92. The number of likely N-dealkylation sites (tertiary alicyclic amines) is 1. The van der Waals surface area contributed by atoms with Gasteiger partial charge in [-0.25, -0.2) is 0 Å². The van der Waals surface area contributed by atoms with Gasteiger partial charge in [-0.05, 0) is 43.0 Å². The molecule has 0 unspecified atom stereocenters. The van der Waals surface area contributed by atoms with Crippen molar-refractivity contribution in [3.63, 3.8) is 0 Å². The number of ether oxygens (including phenoxy) is 2. The van der Waals surface area contributed by atoms with Gasteiger partial charge in [-0.1, -0.05) is 0 Å². The molecule has 0 radical (unpaired) electrons. The third-order valence-corrected chi connectivity index (χ3v) is 4.14. The molecule has 6 heteroatoms. The van der Waals surface area contributed by atoms with Crippen molar-refractivity contribution in [1.82, 2.24) is 4.90 Å². The molecule has 1 fully saturated rings. The minimum Gasteiger partial charge on any atom is -0.382 e. The van der Waals surface area contributed by atoms with Gasteiger partial charge in [0.25, 0.3) is 5.91 Å². The van der Waals surface area contributed by atoms with Crippen LogP contribution in [0.5, 0.6) is 0 Å². The second-order valence-corrected chi connectivity index (χ2v) is 6.06. The maximum Gasteiger partial charge on any atom is 0.253 e. The van der Waals surface area contributed by atoms with Gasteiger partial charge in [0.15, 0.2) is 0 Å². The van der Waals surface area contributed by atoms with Crippen LogP contribution in [0.1, 0.15) is 30.1 Å². The molecule has 1 aromatic carbocycles. The van der Waals surface area contributed by atoms with Gasteiger partial charge in [0.05, 0.1) is 13.2 Å². The molecule has 2 rings (SSSR count). The van der Waals surface area contributed by atoms with Gasteiger partial charge in [-0.3, -0.25) is 9.59 Å². The number of amides is 2. The Kier molecular flexibility index (Phi) is 7.21. The van der Waals surface area contributed by atoms with E-state index in [0.717, 1.165) is 32.5 Å². The average Bonchev–Trinajstić information content (AvgIpc) is 2.59. The van der Waals surface area contributed by atoms with Gasteiger partial charge < -0.3 is 19.7 Å². The summed E-state index contributed by atoms with van der Waals surface area (Å²) in [6, 6.07) is 7.02. The van der Waals surface area contributed by atoms with Crippen LogP contribution >= 0.6 is 0 Å². The number of carbonyl (C=O) groups is 2. The quantitative estimate of drug-likeness (QED) is 0.776. The smallest absolute Gasteiger partial charge is 0.253 e. The van der Waals surface area contributed by atoms with Crippen LogP contribution in [0.15, 0.2) is 24.3 Å². The molecule has 1 saturated heterocycles. The second kappa shape index (κ2) is 9.39. The summed E-state index contributed by atoms with van der Waals surface area (Å²) in [5.74, 6) is 0.431. The fraction of sp³-hybridized carbons (Fsp3) is 0.556. The Morgan fingerprint density at radius 1 is 1.17 bits per heavy atom. The van der Waals surface area contributed by atoms with Crippen LogP contribution in [0.4, 0.5) is 5.69 Å². The Morgan fingerprint density at radius 3 is 2.42 bits per heavy atom. The Balaban J connectivity index is 1.78. The van der Waals surface area contributed by atoms with Gasteiger partial charge in [0, 0.05) is 45.0 Å². The third-order valence-electron chi connectivity index (χ3n) is 4.14. The number of anilines is 1. The van der Waals surface area contributed by atoms with E-state index in [1.54, 1.807) is 31.4 Å². The van der Waals surface area contributed by atoms with Crippen molar-refractivity contribution < 1.29 is 19.1 Å². The Bertz CT molecular complexity index is 536. The van der Waals surface area contributed by atoms with Crippen molar-refractivity contribution >= 4 is 17.5 Å². The fourth-order valence-corrected chi connectivity index (χ4v) is 2.78. The number of benzene rings is 1. The summed E-state index contributed by atoms with van der Waals surface area (Å²) in [4.78, 5) is 25.4. The normalized spacial score (nSPS) is 15.3. The molecule has 1 aromatic rings. The van der Waals surface area contributed by atoms with Crippen molar-refractivity contribution in [1.29, 1.82) is 0 Å². The largest absolute Gasteiger partial charge is 0.382 e. The average molecular weight is 334 g/mol. The highest BCUT2D eigenvalue weighted by molar-refractivity contribution is 5.95. The number of carbonyl (C=O) groups excluding carboxylic acids is 2. The van der Waals surface area contributed by atoms with Crippen LogP contribution in [0.25, 0.3) is 0 Å². The molecule has 0 saturated carbocycles. The van der Waals surface area contributed by atoms with E-state index in [0.29, 0.717) is 30.4 Å². The van der Waals surface area contributed by atoms with Crippen LogP contribution in [-0.4, -0.2) is 56.7 Å². The van der Waals surface area contributed by atoms with Crippen LogP contribution in [0.2, 0.25) is 0 Å². The zero-order valence-corrected chi connectivity index (χ0v) is 14.4. The monoisotopic (exact) mass is 334 g/mol. The van der Waals surface area contributed by atoms with Gasteiger partial charge >= 0.3 is 0 Å². The number of hydrogen-bond donors (Lipinski definition) is 1. The SMILES string of the molecule is COCCOCC1CCN(C(=O)c2ccc(NC(C)=O)cc2)CC1. The lowest BCUT2D eigenvalue weighted by Gasteiger charge is -2.32. The fourth-order valence-electron chi connectivity index (χ4n) is 2.78. The van der Waals surface area contributed by atoms with Crippen LogP contribution in [0.3, 0.4) is 0 Å². The molecule has 0 aliphatic carbocycles. The van der Waals surface area contributed by atoms with Crippen LogP contribution in [0, 0.1) is 5.92 Å². The first-order chi connectivity index (χ1) is 11.6. The summed E-state index contributed by atoms with van der Waals surface area (Å²) in [7, 11) is 1.66. The zero-order valence-electron chi connectivity index (χ0n) is 14.4. The molecule has 0 bridgehead atoms. The molecule has 1 aliphatic rings. The first-order valence-corrected chi connectivity index (χ1v) is 8.33. The molecular formula is C18H26N2O4. The molecule has 132 valence electrons. The van der Waals surface area contributed by atoms with E-state index >= 15 is 0 Å². The molecule has 6 nitrogen and oxygen atoms in total. The molecule has 1 N–H and O–H groups in total. The first kappa shape index (κ1) is 18.4. The van der Waals surface area contributed by atoms with Crippen molar-refractivity contribution in [3.8, 4) is 0 Å². The highest BCUT2D eigenvalue weighted by Crippen LogP contribution is 2.20. The molecule has 1 heterocycles. The number of nitrogens with zero attached hydrogens (tertiary/aromatic N) is 1. The van der Waals surface area contributed by atoms with Crippen molar-refractivity contribution in [2.24, 2.45) is 5.92 Å². The third kappa shape index (κ3) is 5.62. The van der Waals surface area contributed by atoms with E-state index in [1.807, 2.05) is 4.90 Å². The van der Waals surface area contributed by atoms with Crippen molar-refractivity contribution in [2.75, 3.05) is 45.3 Å². The lowest BCUT2D eigenvalue weighted by atomic mass is 9.97. The molecule has 0 atom stereocenters. The lowest BCUT2D eigenvalue weighted by molar-refractivity contribution is -0.114. The Hall–Kier alpha value is -1.92. The second-order valence-electron chi connectivity index (χ2n) is 6.06. The van der Waals surface area contributed by atoms with Crippen molar-refractivity contribution in [2.45, 2.75) is 19.8 Å². The summed E-state index contributed by atoms with van der Waals surface area (Å²) < 4.78 is 10.5. The van der Waals surface area contributed by atoms with Gasteiger partial charge in [0.1, 0.15) is 0 Å². The zero-order chi connectivity index (χ0) is 17.4. The minimum absolute atomic E-state index is 0.0446. The number of methoxy groups -OCH3 is 1. The first-order valence-electron chi connectivity index (χ1n) is 8.33. The highest BCUT2D eigenvalue weighted by atomic mass is 16.5. The number of hydrogen-bond acceptors (Lipinski definition) is 4. The van der Waals surface area contributed by atoms with Crippen LogP contribution < -0.4 is 5.32 Å².